The van der Waals surface area contributed by atoms with Crippen molar-refractivity contribution in [2.24, 2.45) is 5.73 Å². The Balaban J connectivity index is 0.00000254. The first-order valence-corrected chi connectivity index (χ1v) is 8.28. The predicted octanol–water partition coefficient (Wildman–Crippen LogP) is 1.86. The summed E-state index contributed by atoms with van der Waals surface area (Å²) in [6, 6.07) is 5.01. The van der Waals surface area contributed by atoms with Crippen LogP contribution in [0.15, 0.2) is 18.2 Å². The van der Waals surface area contributed by atoms with Crippen LogP contribution in [0.2, 0.25) is 0 Å². The number of carbonyl (C=O) groups is 3. The summed E-state index contributed by atoms with van der Waals surface area (Å²) in [6.45, 7) is 6.79. The van der Waals surface area contributed by atoms with Crippen LogP contribution < -0.4 is 11.1 Å². The van der Waals surface area contributed by atoms with Crippen LogP contribution in [-0.2, 0) is 22.7 Å². The normalized spacial score (nSPS) is 11.2. The van der Waals surface area contributed by atoms with Crippen molar-refractivity contribution >= 4 is 18.6 Å². The summed E-state index contributed by atoms with van der Waals surface area (Å²) in [6.07, 6.45) is 2.63. The Bertz CT molecular complexity index is 532. The summed E-state index contributed by atoms with van der Waals surface area (Å²) in [5.41, 5.74) is 7.96. The molecule has 6 heteroatoms. The summed E-state index contributed by atoms with van der Waals surface area (Å²) in [4.78, 5) is 35.5. The summed E-state index contributed by atoms with van der Waals surface area (Å²) in [7, 11) is 1.80. The molecule has 1 aromatic carbocycles. The van der Waals surface area contributed by atoms with Crippen LogP contribution in [0, 0.1) is 0 Å². The standard InChI is InChI=1S/C16H23N3O3.C2H6/c1-3-4-15(16(22)18-11-21)19(2)9-14-7-12(8-17)5-6-13(14)10-20;1-2/h5-7,10-11,15H,3-4,8-9,17H2,1-2H3,(H,18,21,22);1-2H3. The van der Waals surface area contributed by atoms with Gasteiger partial charge in [-0.05, 0) is 24.6 Å². The molecule has 1 atom stereocenters. The topological polar surface area (TPSA) is 92.5 Å². The number of amides is 2. The maximum atomic E-state index is 12.0. The lowest BCUT2D eigenvalue weighted by Crippen LogP contribution is -2.44. The Hall–Kier alpha value is -2.05. The second kappa shape index (κ2) is 12.4. The number of nitrogens with two attached hydrogens (primary N) is 1. The summed E-state index contributed by atoms with van der Waals surface area (Å²) < 4.78 is 0. The maximum absolute atomic E-state index is 12.0. The van der Waals surface area contributed by atoms with E-state index in [0.29, 0.717) is 31.5 Å². The van der Waals surface area contributed by atoms with E-state index in [-0.39, 0.29) is 5.91 Å². The van der Waals surface area contributed by atoms with Gasteiger partial charge >= 0.3 is 0 Å². The van der Waals surface area contributed by atoms with Gasteiger partial charge in [-0.15, -0.1) is 0 Å². The molecule has 0 aliphatic heterocycles. The number of benzene rings is 1. The van der Waals surface area contributed by atoms with Gasteiger partial charge in [-0.1, -0.05) is 45.4 Å². The second-order valence-corrected chi connectivity index (χ2v) is 5.20. The summed E-state index contributed by atoms with van der Waals surface area (Å²) in [5, 5.41) is 2.20. The SMILES string of the molecule is CC.CCCC(C(=O)NC=O)N(C)Cc1cc(CN)ccc1C=O. The molecular weight excluding hydrogens is 306 g/mol. The minimum absolute atomic E-state index is 0.331. The number of rotatable bonds is 9. The van der Waals surface area contributed by atoms with Crippen molar-refractivity contribution < 1.29 is 14.4 Å². The van der Waals surface area contributed by atoms with Crippen LogP contribution >= 0.6 is 0 Å². The van der Waals surface area contributed by atoms with Crippen molar-refractivity contribution in [1.82, 2.24) is 10.2 Å². The molecule has 0 spiro atoms. The van der Waals surface area contributed by atoms with Gasteiger partial charge in [-0.2, -0.15) is 0 Å². The number of nitrogens with zero attached hydrogens (tertiary/aromatic N) is 1. The van der Waals surface area contributed by atoms with Gasteiger partial charge in [0.1, 0.15) is 6.29 Å². The molecule has 0 heterocycles. The van der Waals surface area contributed by atoms with Gasteiger partial charge in [-0.3, -0.25) is 24.6 Å². The molecule has 134 valence electrons. The Morgan fingerprint density at radius 1 is 1.33 bits per heavy atom. The number of imide groups is 1. The largest absolute Gasteiger partial charge is 0.326 e. The van der Waals surface area contributed by atoms with E-state index in [4.69, 9.17) is 5.73 Å². The molecule has 1 rings (SSSR count). The lowest BCUT2D eigenvalue weighted by atomic mass is 10.0. The van der Waals surface area contributed by atoms with Gasteiger partial charge in [0.25, 0.3) is 0 Å². The number of hydrogen-bond donors (Lipinski definition) is 2. The first kappa shape index (κ1) is 21.9. The average molecular weight is 335 g/mol. The van der Waals surface area contributed by atoms with Crippen LogP contribution in [0.4, 0.5) is 0 Å². The van der Waals surface area contributed by atoms with E-state index in [1.807, 2.05) is 37.8 Å². The van der Waals surface area contributed by atoms with Crippen molar-refractivity contribution in [3.8, 4) is 0 Å². The Kier molecular flexibility index (Phi) is 11.3. The van der Waals surface area contributed by atoms with Gasteiger partial charge < -0.3 is 5.73 Å². The molecule has 0 radical (unpaired) electrons. The molecule has 1 unspecified atom stereocenters. The predicted molar refractivity (Wildman–Crippen MR) is 95.4 cm³/mol. The highest BCUT2D eigenvalue weighted by molar-refractivity contribution is 5.89. The molecule has 0 aromatic heterocycles. The van der Waals surface area contributed by atoms with Crippen molar-refractivity contribution in [1.29, 1.82) is 0 Å². The Morgan fingerprint density at radius 2 is 2.00 bits per heavy atom. The van der Waals surface area contributed by atoms with Gasteiger partial charge in [0.2, 0.25) is 12.3 Å². The zero-order valence-electron chi connectivity index (χ0n) is 15.0. The monoisotopic (exact) mass is 335 g/mol. The fraction of sp³-hybridized carbons (Fsp3) is 0.500. The minimum atomic E-state index is -0.420. The highest BCUT2D eigenvalue weighted by Gasteiger charge is 2.22. The lowest BCUT2D eigenvalue weighted by molar-refractivity contribution is -0.129. The average Bonchev–Trinajstić information content (AvgIpc) is 2.61. The molecular formula is C18H29N3O3. The van der Waals surface area contributed by atoms with Crippen LogP contribution in [0.5, 0.6) is 0 Å². The number of aldehydes is 1. The molecule has 0 aliphatic rings. The number of hydrogen-bond acceptors (Lipinski definition) is 5. The van der Waals surface area contributed by atoms with E-state index >= 15 is 0 Å². The van der Waals surface area contributed by atoms with E-state index in [9.17, 15) is 14.4 Å². The third-order valence-corrected chi connectivity index (χ3v) is 3.59. The molecule has 6 nitrogen and oxygen atoms in total. The van der Waals surface area contributed by atoms with Gasteiger partial charge in [0.15, 0.2) is 0 Å². The Labute approximate surface area is 144 Å². The number of nitrogens with one attached hydrogen (secondary N) is 1. The molecule has 1 aromatic rings. The quantitative estimate of drug-likeness (QED) is 0.672. The Morgan fingerprint density at radius 3 is 2.50 bits per heavy atom. The van der Waals surface area contributed by atoms with Gasteiger partial charge in [-0.25, -0.2) is 0 Å². The first-order chi connectivity index (χ1) is 11.6. The molecule has 2 amide bonds. The van der Waals surface area contributed by atoms with Crippen LogP contribution in [-0.4, -0.2) is 36.6 Å². The van der Waals surface area contributed by atoms with E-state index in [1.54, 1.807) is 13.1 Å². The second-order valence-electron chi connectivity index (χ2n) is 5.20. The summed E-state index contributed by atoms with van der Waals surface area (Å²) in [5.74, 6) is -0.331. The van der Waals surface area contributed by atoms with Crippen molar-refractivity contribution in [2.45, 2.75) is 52.7 Å². The molecule has 3 N–H and O–H groups in total. The highest BCUT2D eigenvalue weighted by Crippen LogP contribution is 2.15. The molecule has 0 fully saturated rings. The number of likely N-dealkylation sites (N-methyl/N-ethyl adjacent to an activating group) is 1. The zero-order valence-corrected chi connectivity index (χ0v) is 15.0. The number of carbonyl (C=O) groups excluding carboxylic acids is 3. The molecule has 0 saturated heterocycles. The van der Waals surface area contributed by atoms with E-state index < -0.39 is 6.04 Å². The lowest BCUT2D eigenvalue weighted by Gasteiger charge is -2.26. The van der Waals surface area contributed by atoms with Crippen molar-refractivity contribution in [3.63, 3.8) is 0 Å². The van der Waals surface area contributed by atoms with E-state index in [2.05, 4.69) is 5.32 Å². The molecule has 0 saturated carbocycles. The van der Waals surface area contributed by atoms with Gasteiger partial charge in [0, 0.05) is 18.7 Å². The summed E-state index contributed by atoms with van der Waals surface area (Å²) >= 11 is 0. The zero-order chi connectivity index (χ0) is 18.5. The third kappa shape index (κ3) is 6.60. The van der Waals surface area contributed by atoms with Crippen LogP contribution in [0.25, 0.3) is 0 Å². The van der Waals surface area contributed by atoms with E-state index in [0.717, 1.165) is 23.8 Å². The van der Waals surface area contributed by atoms with E-state index in [1.165, 1.54) is 0 Å². The van der Waals surface area contributed by atoms with Crippen molar-refractivity contribution in [2.75, 3.05) is 7.05 Å². The third-order valence-electron chi connectivity index (χ3n) is 3.59. The van der Waals surface area contributed by atoms with Crippen LogP contribution in [0.3, 0.4) is 0 Å². The maximum Gasteiger partial charge on any atom is 0.243 e. The molecule has 0 bridgehead atoms. The fourth-order valence-electron chi connectivity index (χ4n) is 2.40. The van der Waals surface area contributed by atoms with Crippen molar-refractivity contribution in [3.05, 3.63) is 34.9 Å². The van der Waals surface area contributed by atoms with Crippen LogP contribution in [0.1, 0.15) is 55.1 Å². The highest BCUT2D eigenvalue weighted by atomic mass is 16.2. The smallest absolute Gasteiger partial charge is 0.243 e. The minimum Gasteiger partial charge on any atom is -0.326 e. The first-order valence-electron chi connectivity index (χ1n) is 8.28. The molecule has 0 aliphatic carbocycles. The fourth-order valence-corrected chi connectivity index (χ4v) is 2.40. The van der Waals surface area contributed by atoms with Gasteiger partial charge in [0.05, 0.1) is 6.04 Å². The molecule has 24 heavy (non-hydrogen) atoms.